The molecule has 2 aromatic carbocycles. The Balaban J connectivity index is 1.30. The van der Waals surface area contributed by atoms with E-state index in [1.54, 1.807) is 7.11 Å². The van der Waals surface area contributed by atoms with Gasteiger partial charge >= 0.3 is 0 Å². The molecule has 1 aliphatic heterocycles. The molecule has 1 heterocycles. The van der Waals surface area contributed by atoms with Gasteiger partial charge in [0.05, 0.1) is 19.1 Å². The maximum absolute atomic E-state index is 12.9. The molecule has 0 aromatic heterocycles. The minimum absolute atomic E-state index is 0.0508. The molecule has 0 saturated heterocycles. The van der Waals surface area contributed by atoms with Gasteiger partial charge in [0.25, 0.3) is 0 Å². The second-order valence-corrected chi connectivity index (χ2v) is 8.05. The summed E-state index contributed by atoms with van der Waals surface area (Å²) in [5.74, 6) is 1.99. The lowest BCUT2D eigenvalue weighted by Crippen LogP contribution is -2.44. The number of carbonyl (C=O) groups excluding carboxylic acids is 2. The molecule has 4 atom stereocenters. The topological polar surface area (TPSA) is 64.6 Å². The summed E-state index contributed by atoms with van der Waals surface area (Å²) in [6.07, 6.45) is 2.16. The third kappa shape index (κ3) is 2.60. The zero-order chi connectivity index (χ0) is 19.3. The van der Waals surface area contributed by atoms with Crippen molar-refractivity contribution in [3.63, 3.8) is 0 Å². The molecule has 2 aliphatic carbocycles. The molecular formula is C23H23NO4. The molecule has 0 unspecified atom stereocenters. The van der Waals surface area contributed by atoms with E-state index < -0.39 is 5.60 Å². The monoisotopic (exact) mass is 377 g/mol. The van der Waals surface area contributed by atoms with Crippen LogP contribution in [0.2, 0.25) is 0 Å². The Morgan fingerprint density at radius 1 is 1.21 bits per heavy atom. The standard InChI is InChI=1S/C23H23NO4/c1-27-18-8-4-2-6-14(18)13-24-22(26)20-16-10-11-23(21(16)20)12-17(25)15-7-3-5-9-19(15)28-23/h2-9,16,20-21H,10-13H2,1H3,(H,24,26)/t16-,20+,21-,23-/m0/s1. The molecule has 5 rings (SSSR count). The van der Waals surface area contributed by atoms with Crippen LogP contribution in [0.3, 0.4) is 0 Å². The zero-order valence-corrected chi connectivity index (χ0v) is 15.8. The third-order valence-corrected chi connectivity index (χ3v) is 6.59. The Morgan fingerprint density at radius 3 is 2.86 bits per heavy atom. The molecule has 2 saturated carbocycles. The highest BCUT2D eigenvalue weighted by atomic mass is 16.5. The zero-order valence-electron chi connectivity index (χ0n) is 15.8. The molecule has 0 radical (unpaired) electrons. The van der Waals surface area contributed by atoms with E-state index in [0.29, 0.717) is 30.2 Å². The molecule has 1 spiro atoms. The number of para-hydroxylation sites is 2. The van der Waals surface area contributed by atoms with E-state index >= 15 is 0 Å². The van der Waals surface area contributed by atoms with Gasteiger partial charge in [-0.25, -0.2) is 0 Å². The number of ketones is 1. The maximum atomic E-state index is 12.9. The van der Waals surface area contributed by atoms with Crippen molar-refractivity contribution < 1.29 is 19.1 Å². The van der Waals surface area contributed by atoms with Crippen molar-refractivity contribution >= 4 is 11.7 Å². The average Bonchev–Trinajstić information content (AvgIpc) is 3.37. The van der Waals surface area contributed by atoms with Gasteiger partial charge in [-0.1, -0.05) is 30.3 Å². The Morgan fingerprint density at radius 2 is 2.00 bits per heavy atom. The van der Waals surface area contributed by atoms with Crippen molar-refractivity contribution in [2.45, 2.75) is 31.4 Å². The van der Waals surface area contributed by atoms with Gasteiger partial charge in [0.2, 0.25) is 5.91 Å². The maximum Gasteiger partial charge on any atom is 0.224 e. The lowest BCUT2D eigenvalue weighted by atomic mass is 9.84. The summed E-state index contributed by atoms with van der Waals surface area (Å²) in [4.78, 5) is 25.5. The van der Waals surface area contributed by atoms with Crippen molar-refractivity contribution in [1.29, 1.82) is 0 Å². The van der Waals surface area contributed by atoms with E-state index in [0.717, 1.165) is 24.2 Å². The second-order valence-electron chi connectivity index (χ2n) is 8.05. The van der Waals surface area contributed by atoms with Crippen LogP contribution in [0.25, 0.3) is 0 Å². The van der Waals surface area contributed by atoms with Crippen LogP contribution in [-0.4, -0.2) is 24.4 Å². The molecule has 1 amide bonds. The van der Waals surface area contributed by atoms with Gasteiger partial charge in [-0.2, -0.15) is 0 Å². The highest BCUT2D eigenvalue weighted by Gasteiger charge is 2.70. The van der Waals surface area contributed by atoms with Crippen molar-refractivity contribution in [1.82, 2.24) is 5.32 Å². The Hall–Kier alpha value is -2.82. The number of methoxy groups -OCH3 is 1. The van der Waals surface area contributed by atoms with Crippen LogP contribution in [-0.2, 0) is 11.3 Å². The highest BCUT2D eigenvalue weighted by Crippen LogP contribution is 2.65. The number of Topliss-reactive ketones (excluding diaryl/α,β-unsaturated/α-hetero) is 1. The van der Waals surface area contributed by atoms with Gasteiger partial charge in [-0.15, -0.1) is 0 Å². The fourth-order valence-electron chi connectivity index (χ4n) is 5.27. The number of hydrogen-bond donors (Lipinski definition) is 1. The Labute approximate surface area is 164 Å². The van der Waals surface area contributed by atoms with E-state index in [4.69, 9.17) is 9.47 Å². The van der Waals surface area contributed by atoms with E-state index in [-0.39, 0.29) is 23.5 Å². The first-order valence-electron chi connectivity index (χ1n) is 9.84. The van der Waals surface area contributed by atoms with Gasteiger partial charge in [0.1, 0.15) is 17.1 Å². The predicted molar refractivity (Wildman–Crippen MR) is 103 cm³/mol. The molecule has 1 N–H and O–H groups in total. The summed E-state index contributed by atoms with van der Waals surface area (Å²) in [6.45, 7) is 0.439. The largest absolute Gasteiger partial charge is 0.496 e. The Kier molecular flexibility index (Phi) is 3.93. The van der Waals surface area contributed by atoms with Gasteiger partial charge in [0.15, 0.2) is 5.78 Å². The molecular weight excluding hydrogens is 354 g/mol. The van der Waals surface area contributed by atoms with E-state index in [9.17, 15) is 9.59 Å². The van der Waals surface area contributed by atoms with Crippen LogP contribution in [0.5, 0.6) is 11.5 Å². The fraction of sp³-hybridized carbons (Fsp3) is 0.391. The third-order valence-electron chi connectivity index (χ3n) is 6.59. The summed E-state index contributed by atoms with van der Waals surface area (Å²) >= 11 is 0. The van der Waals surface area contributed by atoms with Crippen molar-refractivity contribution in [3.05, 3.63) is 59.7 Å². The highest BCUT2D eigenvalue weighted by molar-refractivity contribution is 6.00. The molecule has 144 valence electrons. The van der Waals surface area contributed by atoms with Gasteiger partial charge in [0, 0.05) is 23.9 Å². The van der Waals surface area contributed by atoms with Crippen LogP contribution in [0.15, 0.2) is 48.5 Å². The fourth-order valence-corrected chi connectivity index (χ4v) is 5.27. The number of ether oxygens (including phenoxy) is 2. The minimum Gasteiger partial charge on any atom is -0.496 e. The normalized spacial score (nSPS) is 29.6. The lowest BCUT2D eigenvalue weighted by Gasteiger charge is -2.37. The van der Waals surface area contributed by atoms with Gasteiger partial charge in [-0.3, -0.25) is 9.59 Å². The molecule has 2 fully saturated rings. The van der Waals surface area contributed by atoms with Crippen LogP contribution in [0.1, 0.15) is 35.2 Å². The number of amides is 1. The number of hydrogen-bond acceptors (Lipinski definition) is 4. The number of benzene rings is 2. The van der Waals surface area contributed by atoms with Gasteiger partial charge < -0.3 is 14.8 Å². The summed E-state index contributed by atoms with van der Waals surface area (Å²) < 4.78 is 11.7. The van der Waals surface area contributed by atoms with Gasteiger partial charge in [-0.05, 0) is 37.0 Å². The number of fused-ring (bicyclic) bond motifs is 3. The molecule has 5 nitrogen and oxygen atoms in total. The lowest BCUT2D eigenvalue weighted by molar-refractivity contribution is -0.124. The summed E-state index contributed by atoms with van der Waals surface area (Å²) in [6, 6.07) is 15.1. The first-order valence-corrected chi connectivity index (χ1v) is 9.84. The van der Waals surface area contributed by atoms with Crippen LogP contribution >= 0.6 is 0 Å². The van der Waals surface area contributed by atoms with Crippen molar-refractivity contribution in [2.75, 3.05) is 7.11 Å². The predicted octanol–water partition coefficient (Wildman–Crippen LogP) is 3.37. The first kappa shape index (κ1) is 17.3. The van der Waals surface area contributed by atoms with Crippen molar-refractivity contribution in [2.24, 2.45) is 17.8 Å². The molecule has 2 aromatic rings. The summed E-state index contributed by atoms with van der Waals surface area (Å²) in [5, 5.41) is 3.06. The Bertz CT molecular complexity index is 955. The smallest absolute Gasteiger partial charge is 0.224 e. The number of rotatable bonds is 4. The van der Waals surface area contributed by atoms with E-state index in [2.05, 4.69) is 5.32 Å². The molecule has 5 heteroatoms. The number of carbonyl (C=O) groups is 2. The quantitative estimate of drug-likeness (QED) is 0.887. The molecule has 28 heavy (non-hydrogen) atoms. The van der Waals surface area contributed by atoms with Crippen LogP contribution in [0, 0.1) is 17.8 Å². The molecule has 0 bridgehead atoms. The summed E-state index contributed by atoms with van der Waals surface area (Å²) in [7, 11) is 1.63. The minimum atomic E-state index is -0.511. The van der Waals surface area contributed by atoms with E-state index in [1.165, 1.54) is 0 Å². The summed E-state index contributed by atoms with van der Waals surface area (Å²) in [5.41, 5.74) is 1.11. The van der Waals surface area contributed by atoms with Crippen LogP contribution < -0.4 is 14.8 Å². The number of nitrogens with one attached hydrogen (secondary N) is 1. The van der Waals surface area contributed by atoms with E-state index in [1.807, 2.05) is 48.5 Å². The second kappa shape index (κ2) is 6.36. The first-order chi connectivity index (χ1) is 13.6. The van der Waals surface area contributed by atoms with Crippen molar-refractivity contribution in [3.8, 4) is 11.5 Å². The molecule has 3 aliphatic rings. The average molecular weight is 377 g/mol. The van der Waals surface area contributed by atoms with Crippen LogP contribution in [0.4, 0.5) is 0 Å². The SMILES string of the molecule is COc1ccccc1CNC(=O)[C@@H]1[C@@H]2CC[C@]3(CC(=O)c4ccccc4O3)[C@@H]21.